The van der Waals surface area contributed by atoms with Crippen molar-refractivity contribution in [3.8, 4) is 10.8 Å². The fourth-order valence-corrected chi connectivity index (χ4v) is 1.98. The second-order valence-corrected chi connectivity index (χ2v) is 4.79. The minimum absolute atomic E-state index is 0.142. The van der Waals surface area contributed by atoms with Crippen LogP contribution in [0.25, 0.3) is 10.8 Å². The van der Waals surface area contributed by atoms with E-state index in [1.165, 1.54) is 4.88 Å². The van der Waals surface area contributed by atoms with Crippen molar-refractivity contribution in [1.29, 1.82) is 0 Å². The Labute approximate surface area is 92.1 Å². The van der Waals surface area contributed by atoms with Crippen molar-refractivity contribution < 1.29 is 4.52 Å². The molecule has 0 aliphatic rings. The Morgan fingerprint density at radius 1 is 1.53 bits per heavy atom. The summed E-state index contributed by atoms with van der Waals surface area (Å²) in [6.45, 7) is 4.56. The summed E-state index contributed by atoms with van der Waals surface area (Å²) in [4.78, 5) is 6.56. The summed E-state index contributed by atoms with van der Waals surface area (Å²) < 4.78 is 5.18. The smallest absolute Gasteiger partial charge is 0.268 e. The maximum absolute atomic E-state index is 5.54. The van der Waals surface area contributed by atoms with Gasteiger partial charge in [-0.3, -0.25) is 0 Å². The van der Waals surface area contributed by atoms with E-state index in [4.69, 9.17) is 10.3 Å². The van der Waals surface area contributed by atoms with Crippen LogP contribution in [0.2, 0.25) is 0 Å². The largest absolute Gasteiger partial charge is 0.333 e. The average Bonchev–Trinajstić information content (AvgIpc) is 2.84. The molecule has 0 spiro atoms. The van der Waals surface area contributed by atoms with E-state index in [2.05, 4.69) is 10.1 Å². The molecule has 5 heteroatoms. The van der Waals surface area contributed by atoms with Crippen LogP contribution in [0.3, 0.4) is 0 Å². The normalized spacial score (nSPS) is 13.0. The zero-order valence-corrected chi connectivity index (χ0v) is 9.54. The van der Waals surface area contributed by atoms with Gasteiger partial charge in [0.1, 0.15) is 0 Å². The second-order valence-electron chi connectivity index (χ2n) is 3.50. The van der Waals surface area contributed by atoms with Crippen molar-refractivity contribution in [3.63, 3.8) is 0 Å². The first-order valence-corrected chi connectivity index (χ1v) is 5.63. The highest BCUT2D eigenvalue weighted by molar-refractivity contribution is 7.15. The van der Waals surface area contributed by atoms with Crippen molar-refractivity contribution in [3.05, 3.63) is 22.8 Å². The molecule has 80 valence electrons. The number of nitrogens with zero attached hydrogens (tertiary/aromatic N) is 2. The number of nitrogens with two attached hydrogens (primary N) is 1. The lowest BCUT2D eigenvalue weighted by atomic mass is 10.2. The maximum Gasteiger partial charge on any atom is 0.268 e. The van der Waals surface area contributed by atoms with Gasteiger partial charge >= 0.3 is 0 Å². The third-order valence-electron chi connectivity index (χ3n) is 2.19. The summed E-state index contributed by atoms with van der Waals surface area (Å²) in [5.41, 5.74) is 5.54. The third-order valence-corrected chi connectivity index (χ3v) is 3.18. The van der Waals surface area contributed by atoms with Gasteiger partial charge in [-0.05, 0) is 19.1 Å². The molecule has 0 amide bonds. The zero-order chi connectivity index (χ0) is 10.8. The summed E-state index contributed by atoms with van der Waals surface area (Å²) in [7, 11) is 0. The summed E-state index contributed by atoms with van der Waals surface area (Å²) in [5, 5.41) is 3.91. The van der Waals surface area contributed by atoms with Crippen LogP contribution in [0.5, 0.6) is 0 Å². The van der Waals surface area contributed by atoms with Gasteiger partial charge in [0.15, 0.2) is 5.82 Å². The first-order chi connectivity index (χ1) is 7.20. The monoisotopic (exact) mass is 223 g/mol. The third kappa shape index (κ3) is 2.08. The lowest BCUT2D eigenvalue weighted by Gasteiger charge is -1.98. The Kier molecular flexibility index (Phi) is 2.83. The van der Waals surface area contributed by atoms with Crippen molar-refractivity contribution in [2.75, 3.05) is 6.54 Å². The molecule has 4 nitrogen and oxygen atoms in total. The molecule has 2 aromatic rings. The van der Waals surface area contributed by atoms with Crippen LogP contribution in [-0.4, -0.2) is 16.7 Å². The number of aryl methyl sites for hydroxylation is 1. The minimum Gasteiger partial charge on any atom is -0.333 e. The van der Waals surface area contributed by atoms with Crippen LogP contribution in [0.1, 0.15) is 23.5 Å². The SMILES string of the molecule is Cc1ccc(-c2nc(C(C)CN)no2)s1. The zero-order valence-electron chi connectivity index (χ0n) is 8.73. The van der Waals surface area contributed by atoms with Gasteiger partial charge in [-0.15, -0.1) is 11.3 Å². The van der Waals surface area contributed by atoms with Crippen LogP contribution in [0.15, 0.2) is 16.7 Å². The fourth-order valence-electron chi connectivity index (χ4n) is 1.19. The van der Waals surface area contributed by atoms with Crippen LogP contribution in [0, 0.1) is 6.92 Å². The quantitative estimate of drug-likeness (QED) is 0.866. The summed E-state index contributed by atoms with van der Waals surface area (Å²) in [6.07, 6.45) is 0. The molecule has 1 atom stereocenters. The van der Waals surface area contributed by atoms with Crippen LogP contribution < -0.4 is 5.73 Å². The lowest BCUT2D eigenvalue weighted by molar-refractivity contribution is 0.418. The lowest BCUT2D eigenvalue weighted by Crippen LogP contribution is -2.10. The first kappa shape index (κ1) is 10.3. The summed E-state index contributed by atoms with van der Waals surface area (Å²) in [6, 6.07) is 4.03. The van der Waals surface area contributed by atoms with E-state index in [1.807, 2.05) is 26.0 Å². The van der Waals surface area contributed by atoms with E-state index in [1.54, 1.807) is 11.3 Å². The molecule has 0 saturated carbocycles. The molecule has 0 bridgehead atoms. The Hall–Kier alpha value is -1.20. The van der Waals surface area contributed by atoms with Gasteiger partial charge in [-0.2, -0.15) is 4.98 Å². The molecule has 2 heterocycles. The molecule has 15 heavy (non-hydrogen) atoms. The van der Waals surface area contributed by atoms with Gasteiger partial charge in [-0.25, -0.2) is 0 Å². The number of hydrogen-bond donors (Lipinski definition) is 1. The minimum atomic E-state index is 0.142. The topological polar surface area (TPSA) is 64.9 Å². The number of rotatable bonds is 3. The predicted octanol–water partition coefficient (Wildman–Crippen LogP) is 2.17. The van der Waals surface area contributed by atoms with E-state index >= 15 is 0 Å². The van der Waals surface area contributed by atoms with Crippen molar-refractivity contribution in [2.45, 2.75) is 19.8 Å². The number of aromatic nitrogens is 2. The van der Waals surface area contributed by atoms with Gasteiger partial charge in [0.05, 0.1) is 4.88 Å². The fraction of sp³-hybridized carbons (Fsp3) is 0.400. The van der Waals surface area contributed by atoms with Crippen molar-refractivity contribution in [1.82, 2.24) is 10.1 Å². The second kappa shape index (κ2) is 4.12. The van der Waals surface area contributed by atoms with Gasteiger partial charge in [0.25, 0.3) is 5.89 Å². The van der Waals surface area contributed by atoms with Crippen molar-refractivity contribution >= 4 is 11.3 Å². The van der Waals surface area contributed by atoms with E-state index in [0.717, 1.165) is 4.88 Å². The molecule has 2 rings (SSSR count). The molecule has 0 fully saturated rings. The van der Waals surface area contributed by atoms with Crippen molar-refractivity contribution in [2.24, 2.45) is 5.73 Å². The highest BCUT2D eigenvalue weighted by Gasteiger charge is 2.14. The Morgan fingerprint density at radius 2 is 2.33 bits per heavy atom. The van der Waals surface area contributed by atoms with Gasteiger partial charge in [-0.1, -0.05) is 12.1 Å². The standard InChI is InChI=1S/C10H13N3OS/c1-6(5-11)9-12-10(14-13-9)8-4-3-7(2)15-8/h3-4,6H,5,11H2,1-2H3. The Bertz CT molecular complexity index is 449. The molecule has 0 aromatic carbocycles. The Balaban J connectivity index is 2.27. The average molecular weight is 223 g/mol. The maximum atomic E-state index is 5.54. The van der Waals surface area contributed by atoms with Gasteiger partial charge < -0.3 is 10.3 Å². The number of thiophene rings is 1. The van der Waals surface area contributed by atoms with Gasteiger partial charge in [0.2, 0.25) is 0 Å². The first-order valence-electron chi connectivity index (χ1n) is 4.81. The highest BCUT2D eigenvalue weighted by atomic mass is 32.1. The van der Waals surface area contributed by atoms with E-state index in [-0.39, 0.29) is 5.92 Å². The predicted molar refractivity (Wildman–Crippen MR) is 59.8 cm³/mol. The molecule has 2 N–H and O–H groups in total. The molecular weight excluding hydrogens is 210 g/mol. The van der Waals surface area contributed by atoms with Crippen LogP contribution >= 0.6 is 11.3 Å². The highest BCUT2D eigenvalue weighted by Crippen LogP contribution is 2.26. The Morgan fingerprint density at radius 3 is 2.93 bits per heavy atom. The van der Waals surface area contributed by atoms with E-state index < -0.39 is 0 Å². The summed E-state index contributed by atoms with van der Waals surface area (Å²) in [5.74, 6) is 1.41. The molecular formula is C10H13N3OS. The molecule has 0 aliphatic heterocycles. The molecule has 2 aromatic heterocycles. The molecule has 0 radical (unpaired) electrons. The van der Waals surface area contributed by atoms with Crippen LogP contribution in [0.4, 0.5) is 0 Å². The molecule has 0 aliphatic carbocycles. The number of hydrogen-bond acceptors (Lipinski definition) is 5. The van der Waals surface area contributed by atoms with E-state index in [9.17, 15) is 0 Å². The summed E-state index contributed by atoms with van der Waals surface area (Å²) >= 11 is 1.65. The van der Waals surface area contributed by atoms with E-state index in [0.29, 0.717) is 18.3 Å². The van der Waals surface area contributed by atoms with Gasteiger partial charge in [0, 0.05) is 17.3 Å². The van der Waals surface area contributed by atoms with Crippen LogP contribution in [-0.2, 0) is 0 Å². The molecule has 1 unspecified atom stereocenters. The molecule has 0 saturated heterocycles.